The Morgan fingerprint density at radius 1 is 1.06 bits per heavy atom. The van der Waals surface area contributed by atoms with Gasteiger partial charge in [-0.05, 0) is 58.2 Å². The minimum absolute atomic E-state index is 0.780. The molecule has 3 heteroatoms. The van der Waals surface area contributed by atoms with Crippen LogP contribution in [0.5, 0.6) is 0 Å². The number of hydrogen-bond donors (Lipinski definition) is 1. The second-order valence-corrected chi connectivity index (χ2v) is 6.39. The summed E-state index contributed by atoms with van der Waals surface area (Å²) in [5.74, 6) is 0.892. The van der Waals surface area contributed by atoms with Crippen molar-refractivity contribution in [3.8, 4) is 0 Å². The molecule has 17 heavy (non-hydrogen) atoms. The Kier molecular flexibility index (Phi) is 3.69. The van der Waals surface area contributed by atoms with Crippen LogP contribution in [-0.2, 0) is 0 Å². The van der Waals surface area contributed by atoms with Crippen LogP contribution in [0.15, 0.2) is 0 Å². The van der Waals surface area contributed by atoms with E-state index in [0.29, 0.717) is 0 Å². The minimum Gasteiger partial charge on any atom is -0.312 e. The maximum atomic E-state index is 3.82. The van der Waals surface area contributed by atoms with Crippen molar-refractivity contribution in [3.05, 3.63) is 0 Å². The molecular formula is C14H27N3. The van der Waals surface area contributed by atoms with Gasteiger partial charge in [-0.25, -0.2) is 0 Å². The van der Waals surface area contributed by atoms with E-state index in [-0.39, 0.29) is 0 Å². The molecule has 2 unspecified atom stereocenters. The summed E-state index contributed by atoms with van der Waals surface area (Å²) in [6.45, 7) is 6.50. The summed E-state index contributed by atoms with van der Waals surface area (Å²) in [4.78, 5) is 5.19. The van der Waals surface area contributed by atoms with Crippen LogP contribution in [0.25, 0.3) is 0 Å². The number of hydrogen-bond acceptors (Lipinski definition) is 3. The fourth-order valence-electron chi connectivity index (χ4n) is 3.50. The number of rotatable bonds is 4. The van der Waals surface area contributed by atoms with Crippen LogP contribution in [0.3, 0.4) is 0 Å². The molecule has 0 aromatic carbocycles. The van der Waals surface area contributed by atoms with Gasteiger partial charge in [-0.1, -0.05) is 0 Å². The Morgan fingerprint density at radius 2 is 1.94 bits per heavy atom. The van der Waals surface area contributed by atoms with Gasteiger partial charge in [0.05, 0.1) is 0 Å². The lowest BCUT2D eigenvalue weighted by Crippen LogP contribution is -2.41. The zero-order valence-corrected chi connectivity index (χ0v) is 11.2. The lowest BCUT2D eigenvalue weighted by atomic mass is 9.98. The molecule has 2 heterocycles. The summed E-state index contributed by atoms with van der Waals surface area (Å²) in [7, 11) is 2.26. The van der Waals surface area contributed by atoms with Crippen molar-refractivity contribution in [2.75, 3.05) is 39.8 Å². The number of nitrogens with one attached hydrogen (secondary N) is 1. The van der Waals surface area contributed by atoms with Gasteiger partial charge in [0, 0.05) is 31.7 Å². The first-order valence-electron chi connectivity index (χ1n) is 7.47. The summed E-state index contributed by atoms with van der Waals surface area (Å²) in [5, 5.41) is 3.82. The van der Waals surface area contributed by atoms with E-state index in [0.717, 1.165) is 18.0 Å². The molecule has 1 saturated carbocycles. The molecular weight excluding hydrogens is 210 g/mol. The van der Waals surface area contributed by atoms with Crippen molar-refractivity contribution >= 4 is 0 Å². The predicted octanol–water partition coefficient (Wildman–Crippen LogP) is 1.15. The second kappa shape index (κ2) is 5.25. The Labute approximate surface area is 106 Å². The van der Waals surface area contributed by atoms with Crippen molar-refractivity contribution < 1.29 is 0 Å². The Balaban J connectivity index is 1.36. The molecule has 0 amide bonds. The summed E-state index contributed by atoms with van der Waals surface area (Å²) in [6.07, 6.45) is 7.11. The molecule has 1 N–H and O–H groups in total. The molecule has 98 valence electrons. The summed E-state index contributed by atoms with van der Waals surface area (Å²) < 4.78 is 0. The number of piperidine rings is 1. The van der Waals surface area contributed by atoms with Crippen LogP contribution >= 0.6 is 0 Å². The summed E-state index contributed by atoms with van der Waals surface area (Å²) >= 11 is 0. The van der Waals surface area contributed by atoms with Crippen LogP contribution < -0.4 is 5.32 Å². The first kappa shape index (κ1) is 11.9. The molecule has 3 rings (SSSR count). The lowest BCUT2D eigenvalue weighted by Gasteiger charge is -2.30. The highest BCUT2D eigenvalue weighted by Crippen LogP contribution is 2.29. The highest BCUT2D eigenvalue weighted by molar-refractivity contribution is 4.92. The molecule has 0 aromatic heterocycles. The maximum Gasteiger partial charge on any atom is 0.0207 e. The third-order valence-corrected chi connectivity index (χ3v) is 4.70. The van der Waals surface area contributed by atoms with E-state index in [1.165, 1.54) is 64.8 Å². The topological polar surface area (TPSA) is 18.5 Å². The van der Waals surface area contributed by atoms with Gasteiger partial charge in [-0.3, -0.25) is 4.90 Å². The summed E-state index contributed by atoms with van der Waals surface area (Å²) in [6, 6.07) is 1.74. The van der Waals surface area contributed by atoms with Crippen molar-refractivity contribution in [2.24, 2.45) is 5.92 Å². The van der Waals surface area contributed by atoms with Crippen molar-refractivity contribution in [3.63, 3.8) is 0 Å². The monoisotopic (exact) mass is 237 g/mol. The van der Waals surface area contributed by atoms with Gasteiger partial charge in [-0.2, -0.15) is 0 Å². The fourth-order valence-corrected chi connectivity index (χ4v) is 3.50. The second-order valence-electron chi connectivity index (χ2n) is 6.39. The quantitative estimate of drug-likeness (QED) is 0.791. The first-order chi connectivity index (χ1) is 8.31. The molecule has 3 aliphatic rings. The van der Waals surface area contributed by atoms with Crippen LogP contribution in [0, 0.1) is 5.92 Å². The number of nitrogens with zero attached hydrogens (tertiary/aromatic N) is 2. The molecule has 2 saturated heterocycles. The van der Waals surface area contributed by atoms with Crippen molar-refractivity contribution in [1.82, 2.24) is 15.1 Å². The SMILES string of the molecule is CN1CCCC(CNC2CCN(C3CC3)C2)C1. The maximum absolute atomic E-state index is 3.82. The highest BCUT2D eigenvalue weighted by Gasteiger charge is 2.34. The molecule has 0 spiro atoms. The Hall–Kier alpha value is -0.120. The first-order valence-corrected chi connectivity index (χ1v) is 7.47. The smallest absolute Gasteiger partial charge is 0.0207 e. The van der Waals surface area contributed by atoms with Crippen LogP contribution in [-0.4, -0.2) is 61.7 Å². The molecule has 0 bridgehead atoms. The largest absolute Gasteiger partial charge is 0.312 e. The normalized spacial score (nSPS) is 36.5. The molecule has 3 nitrogen and oxygen atoms in total. The molecule has 3 fully saturated rings. The van der Waals surface area contributed by atoms with Crippen molar-refractivity contribution in [2.45, 2.75) is 44.2 Å². The van der Waals surface area contributed by atoms with Gasteiger partial charge in [0.25, 0.3) is 0 Å². The number of likely N-dealkylation sites (tertiary alicyclic amines) is 2. The third kappa shape index (κ3) is 3.21. The summed E-state index contributed by atoms with van der Waals surface area (Å²) in [5.41, 5.74) is 0. The molecule has 2 atom stereocenters. The molecule has 2 aliphatic heterocycles. The van der Waals surface area contributed by atoms with Gasteiger partial charge in [-0.15, -0.1) is 0 Å². The predicted molar refractivity (Wildman–Crippen MR) is 71.2 cm³/mol. The van der Waals surface area contributed by atoms with E-state index >= 15 is 0 Å². The fraction of sp³-hybridized carbons (Fsp3) is 1.00. The molecule has 0 aromatic rings. The highest BCUT2D eigenvalue weighted by atomic mass is 15.2. The van der Waals surface area contributed by atoms with Gasteiger partial charge >= 0.3 is 0 Å². The van der Waals surface area contributed by atoms with Gasteiger partial charge in [0.15, 0.2) is 0 Å². The van der Waals surface area contributed by atoms with E-state index in [2.05, 4.69) is 22.2 Å². The third-order valence-electron chi connectivity index (χ3n) is 4.70. The van der Waals surface area contributed by atoms with Gasteiger partial charge in [0.1, 0.15) is 0 Å². The van der Waals surface area contributed by atoms with Crippen LogP contribution in [0.4, 0.5) is 0 Å². The van der Waals surface area contributed by atoms with Gasteiger partial charge in [0.2, 0.25) is 0 Å². The average Bonchev–Trinajstić information content (AvgIpc) is 3.07. The minimum atomic E-state index is 0.780. The zero-order chi connectivity index (χ0) is 11.7. The lowest BCUT2D eigenvalue weighted by molar-refractivity contribution is 0.202. The van der Waals surface area contributed by atoms with E-state index in [1.807, 2.05) is 0 Å². The molecule has 0 radical (unpaired) electrons. The Bertz CT molecular complexity index is 252. The van der Waals surface area contributed by atoms with E-state index in [4.69, 9.17) is 0 Å². The standard InChI is InChI=1S/C14H27N3/c1-16-7-2-3-12(10-16)9-15-13-6-8-17(11-13)14-4-5-14/h12-15H,2-11H2,1H3. The van der Waals surface area contributed by atoms with Crippen LogP contribution in [0.2, 0.25) is 0 Å². The van der Waals surface area contributed by atoms with E-state index in [1.54, 1.807) is 0 Å². The molecule has 1 aliphatic carbocycles. The van der Waals surface area contributed by atoms with E-state index < -0.39 is 0 Å². The van der Waals surface area contributed by atoms with E-state index in [9.17, 15) is 0 Å². The van der Waals surface area contributed by atoms with Crippen molar-refractivity contribution in [1.29, 1.82) is 0 Å². The van der Waals surface area contributed by atoms with Crippen LogP contribution in [0.1, 0.15) is 32.1 Å². The Morgan fingerprint density at radius 3 is 2.71 bits per heavy atom. The average molecular weight is 237 g/mol. The zero-order valence-electron chi connectivity index (χ0n) is 11.2. The van der Waals surface area contributed by atoms with Gasteiger partial charge < -0.3 is 10.2 Å².